The van der Waals surface area contributed by atoms with Crippen LogP contribution in [0.2, 0.25) is 0 Å². The normalized spacial score (nSPS) is 11.9. The second-order valence-electron chi connectivity index (χ2n) is 3.47. The molecule has 2 aromatic rings. The first-order valence-corrected chi connectivity index (χ1v) is 6.13. The lowest BCUT2D eigenvalue weighted by Gasteiger charge is -2.04. The maximum Gasteiger partial charge on any atom is 0.281 e. The van der Waals surface area contributed by atoms with Gasteiger partial charge in [-0.25, -0.2) is 13.8 Å². The maximum absolute atomic E-state index is 12.9. The summed E-state index contributed by atoms with van der Waals surface area (Å²) in [4.78, 5) is 4.48. The number of halogens is 2. The molecule has 0 spiro atoms. The smallest absolute Gasteiger partial charge is 0.281 e. The Labute approximate surface area is 108 Å². The van der Waals surface area contributed by atoms with Crippen LogP contribution in [0.15, 0.2) is 46.8 Å². The van der Waals surface area contributed by atoms with Crippen LogP contribution in [0, 0.1) is 0 Å². The van der Waals surface area contributed by atoms with Crippen molar-refractivity contribution in [3.8, 4) is 5.75 Å². The Morgan fingerprint density at radius 3 is 2.44 bits per heavy atom. The van der Waals surface area contributed by atoms with Crippen LogP contribution in [-0.4, -0.2) is 19.2 Å². The van der Waals surface area contributed by atoms with Gasteiger partial charge in [-0.2, -0.15) is 0 Å². The average Bonchev–Trinajstić information content (AvgIpc) is 2.90. The van der Waals surface area contributed by atoms with Crippen LogP contribution in [0.1, 0.15) is 4.88 Å². The minimum absolute atomic E-state index is 0.199. The lowest BCUT2D eigenvalue weighted by Crippen LogP contribution is -2.09. The van der Waals surface area contributed by atoms with Gasteiger partial charge in [0.25, 0.3) is 6.43 Å². The Hall–Kier alpha value is -1.75. The van der Waals surface area contributed by atoms with Gasteiger partial charge in [-0.15, -0.1) is 11.3 Å². The van der Waals surface area contributed by atoms with Gasteiger partial charge in [0, 0.05) is 0 Å². The summed E-state index contributed by atoms with van der Waals surface area (Å²) in [7, 11) is 1.55. The Kier molecular flexibility index (Phi) is 4.04. The monoisotopic (exact) mass is 267 g/mol. The zero-order chi connectivity index (χ0) is 13.0. The van der Waals surface area contributed by atoms with Crippen LogP contribution < -0.4 is 4.74 Å². The molecule has 1 aromatic carbocycles. The number of nitrogens with zero attached hydrogens (tertiary/aromatic N) is 1. The van der Waals surface area contributed by atoms with E-state index in [0.29, 0.717) is 16.3 Å². The van der Waals surface area contributed by atoms with Crippen LogP contribution >= 0.6 is 11.3 Å². The summed E-state index contributed by atoms with van der Waals surface area (Å²) in [5.74, 6) is 0.670. The topological polar surface area (TPSA) is 21.6 Å². The van der Waals surface area contributed by atoms with Crippen LogP contribution in [0.5, 0.6) is 5.75 Å². The van der Waals surface area contributed by atoms with Crippen molar-refractivity contribution in [3.05, 3.63) is 46.7 Å². The fraction of sp³-hybridized carbons (Fsp3) is 0.154. The molecule has 0 atom stereocenters. The van der Waals surface area contributed by atoms with Gasteiger partial charge in [-0.3, -0.25) is 0 Å². The molecular weight excluding hydrogens is 256 g/mol. The molecule has 0 aliphatic carbocycles. The second-order valence-corrected chi connectivity index (χ2v) is 4.42. The predicted octanol–water partition coefficient (Wildman–Crippen LogP) is 4.14. The van der Waals surface area contributed by atoms with Gasteiger partial charge in [-0.05, 0) is 35.7 Å². The van der Waals surface area contributed by atoms with Gasteiger partial charge < -0.3 is 4.74 Å². The quantitative estimate of drug-likeness (QED) is 0.763. The minimum Gasteiger partial charge on any atom is -0.497 e. The molecule has 94 valence electrons. The first kappa shape index (κ1) is 12.7. The molecule has 1 aromatic heterocycles. The molecule has 5 heteroatoms. The first-order chi connectivity index (χ1) is 8.70. The van der Waals surface area contributed by atoms with Crippen molar-refractivity contribution in [2.75, 3.05) is 7.11 Å². The molecule has 1 heterocycles. The molecule has 0 saturated heterocycles. The van der Waals surface area contributed by atoms with E-state index in [0.717, 1.165) is 0 Å². The Bertz CT molecular complexity index is 520. The van der Waals surface area contributed by atoms with E-state index < -0.39 is 6.43 Å². The van der Waals surface area contributed by atoms with Crippen molar-refractivity contribution >= 4 is 22.7 Å². The lowest BCUT2D eigenvalue weighted by molar-refractivity contribution is 0.226. The van der Waals surface area contributed by atoms with Crippen molar-refractivity contribution in [2.45, 2.75) is 6.43 Å². The van der Waals surface area contributed by atoms with E-state index in [4.69, 9.17) is 4.74 Å². The third-order valence-electron chi connectivity index (χ3n) is 2.30. The molecule has 0 fully saturated rings. The van der Waals surface area contributed by atoms with Crippen LogP contribution in [-0.2, 0) is 0 Å². The van der Waals surface area contributed by atoms with Gasteiger partial charge in [0.2, 0.25) is 0 Å². The standard InChI is InChI=1S/C13H11F2NOS/c1-17-10-6-4-9(5-7-10)16-12(13(14)15)11-3-2-8-18-11/h2-8,13H,1H3. The third kappa shape index (κ3) is 2.92. The van der Waals surface area contributed by atoms with Crippen molar-refractivity contribution in [1.82, 2.24) is 0 Å². The highest BCUT2D eigenvalue weighted by Gasteiger charge is 2.16. The molecule has 0 saturated carbocycles. The summed E-state index contributed by atoms with van der Waals surface area (Å²) in [6.45, 7) is 0. The summed E-state index contributed by atoms with van der Waals surface area (Å²) < 4.78 is 30.9. The molecule has 0 bridgehead atoms. The molecule has 0 aliphatic rings. The summed E-state index contributed by atoms with van der Waals surface area (Å²) in [5, 5.41) is 1.75. The number of hydrogen-bond donors (Lipinski definition) is 0. The fourth-order valence-corrected chi connectivity index (χ4v) is 2.15. The SMILES string of the molecule is COc1ccc(N=C(c2cccs2)C(F)F)cc1. The van der Waals surface area contributed by atoms with Crippen molar-refractivity contribution < 1.29 is 13.5 Å². The van der Waals surface area contributed by atoms with E-state index in [2.05, 4.69) is 4.99 Å². The lowest BCUT2D eigenvalue weighted by atomic mass is 10.2. The van der Waals surface area contributed by atoms with Crippen molar-refractivity contribution in [3.63, 3.8) is 0 Å². The average molecular weight is 267 g/mol. The zero-order valence-corrected chi connectivity index (χ0v) is 10.5. The number of thiophene rings is 1. The van der Waals surface area contributed by atoms with Gasteiger partial charge >= 0.3 is 0 Å². The van der Waals surface area contributed by atoms with E-state index in [-0.39, 0.29) is 5.71 Å². The van der Waals surface area contributed by atoms with E-state index in [1.165, 1.54) is 11.3 Å². The van der Waals surface area contributed by atoms with Crippen molar-refractivity contribution in [1.29, 1.82) is 0 Å². The van der Waals surface area contributed by atoms with Crippen LogP contribution in [0.25, 0.3) is 0 Å². The van der Waals surface area contributed by atoms with Gasteiger partial charge in [0.05, 0.1) is 17.7 Å². The molecule has 2 rings (SSSR count). The van der Waals surface area contributed by atoms with Crippen LogP contribution in [0.4, 0.5) is 14.5 Å². The van der Waals surface area contributed by atoms with E-state index >= 15 is 0 Å². The fourth-order valence-electron chi connectivity index (χ4n) is 1.43. The molecule has 0 aliphatic heterocycles. The highest BCUT2D eigenvalue weighted by atomic mass is 32.1. The number of ether oxygens (including phenoxy) is 1. The maximum atomic E-state index is 12.9. The number of alkyl halides is 2. The number of hydrogen-bond acceptors (Lipinski definition) is 3. The molecule has 0 amide bonds. The third-order valence-corrected chi connectivity index (χ3v) is 3.19. The number of methoxy groups -OCH3 is 1. The zero-order valence-electron chi connectivity index (χ0n) is 9.64. The van der Waals surface area contributed by atoms with Gasteiger partial charge in [-0.1, -0.05) is 6.07 Å². The molecule has 0 N–H and O–H groups in total. The number of rotatable bonds is 4. The summed E-state index contributed by atoms with van der Waals surface area (Å²) in [5.41, 5.74) is 0.287. The Balaban J connectivity index is 2.32. The Morgan fingerprint density at radius 1 is 1.22 bits per heavy atom. The summed E-state index contributed by atoms with van der Waals surface area (Å²) in [6, 6.07) is 10.0. The predicted molar refractivity (Wildman–Crippen MR) is 69.5 cm³/mol. The van der Waals surface area contributed by atoms with E-state index in [1.807, 2.05) is 0 Å². The van der Waals surface area contributed by atoms with Gasteiger partial charge in [0.1, 0.15) is 11.5 Å². The van der Waals surface area contributed by atoms with Crippen molar-refractivity contribution in [2.24, 2.45) is 4.99 Å². The number of benzene rings is 1. The molecule has 0 unspecified atom stereocenters. The Morgan fingerprint density at radius 2 is 1.94 bits per heavy atom. The van der Waals surface area contributed by atoms with Crippen LogP contribution in [0.3, 0.4) is 0 Å². The second kappa shape index (κ2) is 5.73. The van der Waals surface area contributed by atoms with E-state index in [9.17, 15) is 8.78 Å². The molecule has 2 nitrogen and oxygen atoms in total. The highest BCUT2D eigenvalue weighted by molar-refractivity contribution is 7.12. The highest BCUT2D eigenvalue weighted by Crippen LogP contribution is 2.22. The number of aliphatic imine (C=N–C) groups is 1. The molecule has 0 radical (unpaired) electrons. The molecular formula is C13H11F2NOS. The largest absolute Gasteiger partial charge is 0.497 e. The van der Waals surface area contributed by atoms with Gasteiger partial charge in [0.15, 0.2) is 0 Å². The first-order valence-electron chi connectivity index (χ1n) is 5.25. The minimum atomic E-state index is -2.59. The summed E-state index contributed by atoms with van der Waals surface area (Å²) in [6.07, 6.45) is -2.59. The van der Waals surface area contributed by atoms with E-state index in [1.54, 1.807) is 48.9 Å². The summed E-state index contributed by atoms with van der Waals surface area (Å²) >= 11 is 1.25. The molecule has 18 heavy (non-hydrogen) atoms.